The Balaban J connectivity index is 2.94. The van der Waals surface area contributed by atoms with Crippen LogP contribution in [0.1, 0.15) is 5.56 Å². The van der Waals surface area contributed by atoms with E-state index < -0.39 is 0 Å². The predicted molar refractivity (Wildman–Crippen MR) is 54.4 cm³/mol. The number of nitrogens with zero attached hydrogens (tertiary/aromatic N) is 3. The van der Waals surface area contributed by atoms with E-state index in [1.807, 2.05) is 6.07 Å². The van der Waals surface area contributed by atoms with E-state index in [9.17, 15) is 0 Å². The predicted octanol–water partition coefficient (Wildman–Crippen LogP) is 2.70. The molecule has 0 unspecified atom stereocenters. The van der Waals surface area contributed by atoms with Gasteiger partial charge in [-0.2, -0.15) is 5.26 Å². The molecule has 2 rings (SSSR count). The lowest BCUT2D eigenvalue weighted by molar-refractivity contribution is 1.41. The molecule has 0 amide bonds. The quantitative estimate of drug-likeness (QED) is 0.625. The first-order chi connectivity index (χ1) is 6.86. The summed E-state index contributed by atoms with van der Waals surface area (Å²) in [5, 5.41) is 9.73. The molecule has 0 saturated carbocycles. The average Bonchev–Trinajstić information content (AvgIpc) is 2.27. The summed E-state index contributed by atoms with van der Waals surface area (Å²) in [6, 6.07) is 9.17. The first-order valence-electron chi connectivity index (χ1n) is 4.05. The zero-order chi connectivity index (χ0) is 9.97. The number of benzene rings is 1. The van der Waals surface area contributed by atoms with Gasteiger partial charge in [-0.05, 0) is 23.0 Å². The third-order valence-electron chi connectivity index (χ3n) is 2.01. The molecule has 0 saturated heterocycles. The number of aromatic nitrogens is 1. The summed E-state index contributed by atoms with van der Waals surface area (Å²) in [5.74, 6) is 0. The van der Waals surface area contributed by atoms with Gasteiger partial charge in [0.2, 0.25) is 0 Å². The van der Waals surface area contributed by atoms with Crippen LogP contribution in [0.3, 0.4) is 0 Å². The zero-order valence-corrected chi connectivity index (χ0v) is 7.31. The molecule has 3 heteroatoms. The van der Waals surface area contributed by atoms with E-state index in [-0.39, 0.29) is 0 Å². The van der Waals surface area contributed by atoms with Crippen LogP contribution in [0, 0.1) is 17.9 Å². The second-order valence-corrected chi connectivity index (χ2v) is 2.77. The molecule has 0 fully saturated rings. The van der Waals surface area contributed by atoms with Gasteiger partial charge in [0.1, 0.15) is 6.07 Å². The van der Waals surface area contributed by atoms with Gasteiger partial charge in [-0.15, -0.1) is 0 Å². The van der Waals surface area contributed by atoms with Crippen LogP contribution in [0.15, 0.2) is 30.5 Å². The van der Waals surface area contributed by atoms with Gasteiger partial charge in [0.15, 0.2) is 5.56 Å². The largest absolute Gasteiger partial charge is 0.358 e. The summed E-state index contributed by atoms with van der Waals surface area (Å²) in [6.07, 6.45) is 1.68. The van der Waals surface area contributed by atoms with E-state index in [2.05, 4.69) is 15.9 Å². The topological polar surface area (TPSA) is 41.0 Å². The van der Waals surface area contributed by atoms with Crippen molar-refractivity contribution in [3.8, 4) is 12.6 Å². The Morgan fingerprint density at radius 2 is 2.21 bits per heavy atom. The van der Waals surface area contributed by atoms with Crippen molar-refractivity contribution in [1.29, 1.82) is 5.26 Å². The fourth-order valence-corrected chi connectivity index (χ4v) is 1.37. The lowest BCUT2D eigenvalue weighted by atomic mass is 10.1. The lowest BCUT2D eigenvalue weighted by Crippen LogP contribution is -1.82. The fourth-order valence-electron chi connectivity index (χ4n) is 1.37. The van der Waals surface area contributed by atoms with Crippen LogP contribution in [0.4, 0.5) is 5.69 Å². The molecule has 0 radical (unpaired) electrons. The molecule has 2 aromatic rings. The van der Waals surface area contributed by atoms with Crippen molar-refractivity contribution in [2.24, 2.45) is 0 Å². The van der Waals surface area contributed by atoms with Crippen molar-refractivity contribution < 1.29 is 0 Å². The van der Waals surface area contributed by atoms with Gasteiger partial charge >= 0.3 is 5.69 Å². The van der Waals surface area contributed by atoms with E-state index >= 15 is 0 Å². The van der Waals surface area contributed by atoms with Gasteiger partial charge in [0.05, 0.1) is 5.52 Å². The fraction of sp³-hybridized carbons (Fsp3) is 0. The minimum atomic E-state index is 0.470. The number of fused-ring (bicyclic) bond motifs is 1. The number of rotatable bonds is 0. The van der Waals surface area contributed by atoms with E-state index in [0.29, 0.717) is 11.3 Å². The molecule has 0 spiro atoms. The molecule has 14 heavy (non-hydrogen) atoms. The molecule has 0 bridgehead atoms. The molecule has 1 aromatic heterocycles. The third kappa shape index (κ3) is 1.09. The van der Waals surface area contributed by atoms with Gasteiger partial charge < -0.3 is 0 Å². The first-order valence-corrected chi connectivity index (χ1v) is 4.05. The van der Waals surface area contributed by atoms with Crippen molar-refractivity contribution in [3.05, 3.63) is 40.9 Å². The molecular weight excluding hydrogens is 174 g/mol. The van der Waals surface area contributed by atoms with Crippen LogP contribution in [0.5, 0.6) is 0 Å². The van der Waals surface area contributed by atoms with E-state index in [1.54, 1.807) is 24.4 Å². The maximum Gasteiger partial charge on any atom is 0.358 e. The maximum absolute atomic E-state index is 8.95. The Morgan fingerprint density at radius 1 is 1.36 bits per heavy atom. The van der Waals surface area contributed by atoms with Gasteiger partial charge in [-0.3, -0.25) is 4.98 Å². The van der Waals surface area contributed by atoms with Crippen molar-refractivity contribution >= 4 is 16.6 Å². The van der Waals surface area contributed by atoms with Gasteiger partial charge in [0.25, 0.3) is 6.57 Å². The van der Waals surface area contributed by atoms with E-state index in [0.717, 1.165) is 10.9 Å². The Labute approximate surface area is 81.1 Å². The highest BCUT2D eigenvalue weighted by atomic mass is 14.7. The van der Waals surface area contributed by atoms with Gasteiger partial charge in [0, 0.05) is 17.6 Å². The molecule has 0 atom stereocenters. The molecule has 0 aliphatic rings. The minimum absolute atomic E-state index is 0.470. The summed E-state index contributed by atoms with van der Waals surface area (Å²) in [6.45, 7) is 5.17. The second-order valence-electron chi connectivity index (χ2n) is 2.77. The smallest absolute Gasteiger partial charge is 0.256 e. The van der Waals surface area contributed by atoms with Crippen LogP contribution < -0.4 is 0 Å². The molecule has 3 nitrogen and oxygen atoms in total. The van der Waals surface area contributed by atoms with Crippen LogP contribution in [0.2, 0.25) is 0 Å². The Bertz CT molecular complexity index is 573. The summed E-state index contributed by atoms with van der Waals surface area (Å²) >= 11 is 0. The van der Waals surface area contributed by atoms with Crippen LogP contribution in [0.25, 0.3) is 15.7 Å². The van der Waals surface area contributed by atoms with Crippen molar-refractivity contribution in [3.63, 3.8) is 0 Å². The lowest BCUT2D eigenvalue weighted by Gasteiger charge is -1.95. The van der Waals surface area contributed by atoms with Crippen molar-refractivity contribution in [1.82, 2.24) is 4.98 Å². The highest BCUT2D eigenvalue weighted by Crippen LogP contribution is 2.25. The first kappa shape index (κ1) is 8.22. The highest BCUT2D eigenvalue weighted by Gasteiger charge is 2.13. The summed E-state index contributed by atoms with van der Waals surface area (Å²) in [5.41, 5.74) is 1.74. The zero-order valence-electron chi connectivity index (χ0n) is 7.31. The van der Waals surface area contributed by atoms with Gasteiger partial charge in [-0.1, -0.05) is 0 Å². The van der Waals surface area contributed by atoms with Crippen molar-refractivity contribution in [2.45, 2.75) is 0 Å². The highest BCUT2D eigenvalue weighted by molar-refractivity contribution is 5.90. The minimum Gasteiger partial charge on any atom is -0.256 e. The molecular formula is C11H6N3+. The number of pyridine rings is 1. The third-order valence-corrected chi connectivity index (χ3v) is 2.01. The number of hydrogen-bond acceptors (Lipinski definition) is 2. The van der Waals surface area contributed by atoms with E-state index in [4.69, 9.17) is 11.8 Å². The van der Waals surface area contributed by atoms with Gasteiger partial charge in [-0.25, -0.2) is 0 Å². The van der Waals surface area contributed by atoms with Crippen LogP contribution in [-0.4, -0.2) is 4.98 Å². The Morgan fingerprint density at radius 3 is 2.93 bits per heavy atom. The maximum atomic E-state index is 8.95. The van der Waals surface area contributed by atoms with Crippen LogP contribution in [-0.2, 0) is 0 Å². The summed E-state index contributed by atoms with van der Waals surface area (Å²) in [7, 11) is 0. The number of nitriles is 1. The summed E-state index contributed by atoms with van der Waals surface area (Å²) in [4.78, 5) is 7.67. The molecule has 0 aliphatic carbocycles. The second kappa shape index (κ2) is 3.16. The van der Waals surface area contributed by atoms with Crippen molar-refractivity contribution in [2.75, 3.05) is 0 Å². The molecule has 0 aliphatic heterocycles. The molecule has 1 heterocycles. The molecule has 0 N–H and O–H groups in total. The summed E-state index contributed by atoms with van der Waals surface area (Å²) < 4.78 is 0. The molecule has 1 aromatic carbocycles. The van der Waals surface area contributed by atoms with E-state index in [1.165, 1.54) is 0 Å². The normalized spacial score (nSPS) is 9.29. The number of hydrogen-bond donors (Lipinski definition) is 0. The monoisotopic (exact) mass is 180 g/mol. The SMILES string of the molecule is C#[N+]c1ccc2ncccc2c1C#N. The Kier molecular flexibility index (Phi) is 1.86. The Hall–Kier alpha value is -2.39. The average molecular weight is 180 g/mol. The molecule has 64 valence electrons. The van der Waals surface area contributed by atoms with Crippen LogP contribution >= 0.6 is 0 Å². The standard InChI is InChI=1S/C11H6N3/c1-13-10-4-5-11-8(9(10)7-12)3-2-6-14-11/h1-6H/q+1.